The quantitative estimate of drug-likeness (QED) is 0.233. The lowest BCUT2D eigenvalue weighted by Gasteiger charge is -2.35. The molecule has 0 spiro atoms. The van der Waals surface area contributed by atoms with E-state index in [2.05, 4.69) is 20.8 Å². The second-order valence-corrected chi connectivity index (χ2v) is 13.6. The van der Waals surface area contributed by atoms with E-state index < -0.39 is 17.9 Å². The van der Waals surface area contributed by atoms with Gasteiger partial charge in [0.2, 0.25) is 17.8 Å². The van der Waals surface area contributed by atoms with Gasteiger partial charge in [-0.2, -0.15) is 10.2 Å². The fourth-order valence-electron chi connectivity index (χ4n) is 6.98. The Bertz CT molecular complexity index is 1510. The van der Waals surface area contributed by atoms with Crippen LogP contribution in [0.5, 0.6) is 0 Å². The number of imidazole rings is 1. The maximum Gasteiger partial charge on any atom is 0.270 e. The highest BCUT2D eigenvalue weighted by Crippen LogP contribution is 2.44. The number of hydrogen-bond donors (Lipinski definition) is 2. The molecular weight excluding hydrogens is 590 g/mol. The van der Waals surface area contributed by atoms with Crippen LogP contribution in [0.15, 0.2) is 30.7 Å². The van der Waals surface area contributed by atoms with E-state index in [1.807, 2.05) is 19.9 Å². The van der Waals surface area contributed by atoms with Crippen molar-refractivity contribution in [2.75, 3.05) is 0 Å². The largest absolute Gasteiger partial charge is 0.349 e. The van der Waals surface area contributed by atoms with Crippen LogP contribution in [0.1, 0.15) is 124 Å². The van der Waals surface area contributed by atoms with Crippen LogP contribution in [-0.2, 0) is 4.79 Å². The normalized spacial score (nSPS) is 21.7. The smallest absolute Gasteiger partial charge is 0.270 e. The predicted octanol–water partition coefficient (Wildman–Crippen LogP) is 6.59. The zero-order valence-corrected chi connectivity index (χ0v) is 25.7. The molecule has 3 heterocycles. The molecule has 3 saturated carbocycles. The van der Waals surface area contributed by atoms with Gasteiger partial charge in [0.1, 0.15) is 5.69 Å². The number of nitrogens with zero attached hydrogens (tertiary/aromatic N) is 5. The van der Waals surface area contributed by atoms with E-state index in [1.54, 1.807) is 33.9 Å². The lowest BCUT2D eigenvalue weighted by Crippen LogP contribution is -2.39. The number of rotatable bonds is 11. The third kappa shape index (κ3) is 7.17. The van der Waals surface area contributed by atoms with Gasteiger partial charge < -0.3 is 10.6 Å². The molecule has 0 saturated heterocycles. The van der Waals surface area contributed by atoms with E-state index in [0.29, 0.717) is 23.0 Å². The fourth-order valence-corrected chi connectivity index (χ4v) is 6.98. The summed E-state index contributed by atoms with van der Waals surface area (Å²) in [5.41, 5.74) is 2.16. The average molecular weight is 632 g/mol. The molecule has 6 rings (SSSR count). The first kappa shape index (κ1) is 31.5. The molecule has 2 N–H and O–H groups in total. The summed E-state index contributed by atoms with van der Waals surface area (Å²) in [6, 6.07) is 2.47. The molecule has 3 aromatic heterocycles. The molecule has 3 fully saturated rings. The number of aromatic nitrogens is 5. The minimum absolute atomic E-state index is 0.0478. The third-order valence-corrected chi connectivity index (χ3v) is 9.77. The Hall–Kier alpha value is -3.51. The standard InChI is InChI=1S/C32H41F4N7O2/c1-19(2)43-26(8-11-37-43)30(45)41-29(22-6-9-31(33,34)10-7-22)25-18-42-27(39-25)14-23(17-38-42)24(12-20-4-3-5-20)40-28(44)13-21-15-32(35,36)16-21/h8,11,14,17-22,24,29H,3-7,9-10,12-13,15-16H2,1-2H3,(H,40,44)(H,41,45)/t24?,29-/m0/s1. The average Bonchev–Trinajstić information content (AvgIpc) is 3.59. The molecule has 0 aromatic carbocycles. The SMILES string of the molecule is CC(C)n1nccc1C(=O)N[C@H](c1cn2ncc(C(CC3CCC3)NC(=O)CC3CC(F)(F)C3)cc2n1)C1CCC(F)(F)CC1. The minimum atomic E-state index is -2.73. The van der Waals surface area contributed by atoms with E-state index in [-0.39, 0.29) is 80.7 Å². The molecule has 3 aliphatic rings. The van der Waals surface area contributed by atoms with Gasteiger partial charge in [0.15, 0.2) is 5.65 Å². The van der Waals surface area contributed by atoms with Gasteiger partial charge in [-0.3, -0.25) is 14.3 Å². The van der Waals surface area contributed by atoms with Crippen LogP contribution < -0.4 is 10.6 Å². The number of alkyl halides is 4. The molecule has 2 amide bonds. The number of nitrogens with one attached hydrogen (secondary N) is 2. The number of fused-ring (bicyclic) bond motifs is 1. The highest BCUT2D eigenvalue weighted by molar-refractivity contribution is 5.92. The molecule has 3 aliphatic carbocycles. The van der Waals surface area contributed by atoms with Crippen molar-refractivity contribution in [3.05, 3.63) is 47.7 Å². The van der Waals surface area contributed by atoms with Gasteiger partial charge >= 0.3 is 0 Å². The van der Waals surface area contributed by atoms with Crippen molar-refractivity contribution in [2.24, 2.45) is 17.8 Å². The Kier molecular flexibility index (Phi) is 8.64. The number of halogens is 4. The summed E-state index contributed by atoms with van der Waals surface area (Å²) in [6.45, 7) is 3.84. The van der Waals surface area contributed by atoms with Crippen molar-refractivity contribution >= 4 is 17.5 Å². The van der Waals surface area contributed by atoms with Crippen molar-refractivity contribution in [3.63, 3.8) is 0 Å². The number of amides is 2. The van der Waals surface area contributed by atoms with Crippen molar-refractivity contribution < 1.29 is 27.2 Å². The molecule has 0 bridgehead atoms. The molecular formula is C32H41F4N7O2. The van der Waals surface area contributed by atoms with Crippen molar-refractivity contribution in [1.29, 1.82) is 0 Å². The van der Waals surface area contributed by atoms with Crippen LogP contribution >= 0.6 is 0 Å². The summed E-state index contributed by atoms with van der Waals surface area (Å²) < 4.78 is 58.1. The van der Waals surface area contributed by atoms with Crippen molar-refractivity contribution in [2.45, 2.75) is 114 Å². The summed E-state index contributed by atoms with van der Waals surface area (Å²) in [7, 11) is 0. The van der Waals surface area contributed by atoms with Crippen LogP contribution in [0.4, 0.5) is 17.6 Å². The highest BCUT2D eigenvalue weighted by Gasteiger charge is 2.46. The van der Waals surface area contributed by atoms with Gasteiger partial charge in [0.05, 0.1) is 30.2 Å². The summed E-state index contributed by atoms with van der Waals surface area (Å²) >= 11 is 0. The second-order valence-electron chi connectivity index (χ2n) is 13.6. The maximum absolute atomic E-state index is 14.1. The lowest BCUT2D eigenvalue weighted by atomic mass is 9.78. The van der Waals surface area contributed by atoms with Gasteiger partial charge in [-0.05, 0) is 68.6 Å². The summed E-state index contributed by atoms with van der Waals surface area (Å²) in [4.78, 5) is 31.2. The van der Waals surface area contributed by atoms with Gasteiger partial charge in [-0.1, -0.05) is 19.3 Å². The first-order valence-corrected chi connectivity index (χ1v) is 16.1. The molecule has 9 nitrogen and oxygen atoms in total. The molecule has 13 heteroatoms. The summed E-state index contributed by atoms with van der Waals surface area (Å²) in [6.07, 6.45) is 8.45. The monoisotopic (exact) mass is 631 g/mol. The zero-order valence-electron chi connectivity index (χ0n) is 25.7. The third-order valence-electron chi connectivity index (χ3n) is 9.77. The summed E-state index contributed by atoms with van der Waals surface area (Å²) in [5, 5.41) is 15.0. The van der Waals surface area contributed by atoms with Crippen LogP contribution in [-0.4, -0.2) is 48.0 Å². The number of carbonyl (C=O) groups excluding carboxylic acids is 2. The second kappa shape index (κ2) is 12.4. The number of carbonyl (C=O) groups is 2. The van der Waals surface area contributed by atoms with Crippen LogP contribution in [0, 0.1) is 17.8 Å². The fraction of sp³-hybridized carbons (Fsp3) is 0.656. The molecule has 0 radical (unpaired) electrons. The first-order valence-electron chi connectivity index (χ1n) is 16.1. The van der Waals surface area contributed by atoms with Gasteiger partial charge in [-0.15, -0.1) is 0 Å². The Morgan fingerprint density at radius 2 is 1.73 bits per heavy atom. The van der Waals surface area contributed by atoms with Crippen LogP contribution in [0.3, 0.4) is 0 Å². The molecule has 0 aliphatic heterocycles. The molecule has 1 unspecified atom stereocenters. The van der Waals surface area contributed by atoms with Crippen molar-refractivity contribution in [3.8, 4) is 0 Å². The van der Waals surface area contributed by atoms with E-state index in [4.69, 9.17) is 4.98 Å². The molecule has 3 aromatic rings. The van der Waals surface area contributed by atoms with E-state index in [0.717, 1.165) is 31.2 Å². The summed E-state index contributed by atoms with van der Waals surface area (Å²) in [5.74, 6) is -6.12. The first-order chi connectivity index (χ1) is 21.4. The molecule has 244 valence electrons. The van der Waals surface area contributed by atoms with Gasteiger partial charge in [0, 0.05) is 44.3 Å². The van der Waals surface area contributed by atoms with E-state index in [1.165, 1.54) is 0 Å². The maximum atomic E-state index is 14.1. The van der Waals surface area contributed by atoms with E-state index >= 15 is 0 Å². The van der Waals surface area contributed by atoms with Crippen molar-refractivity contribution in [1.82, 2.24) is 35.0 Å². The van der Waals surface area contributed by atoms with E-state index in [9.17, 15) is 27.2 Å². The Morgan fingerprint density at radius 3 is 2.38 bits per heavy atom. The minimum Gasteiger partial charge on any atom is -0.349 e. The van der Waals surface area contributed by atoms with Gasteiger partial charge in [-0.25, -0.2) is 27.1 Å². The number of hydrogen-bond acceptors (Lipinski definition) is 5. The predicted molar refractivity (Wildman–Crippen MR) is 158 cm³/mol. The molecule has 45 heavy (non-hydrogen) atoms. The topological polar surface area (TPSA) is 106 Å². The zero-order chi connectivity index (χ0) is 31.9. The highest BCUT2D eigenvalue weighted by atomic mass is 19.3. The molecule has 2 atom stereocenters. The van der Waals surface area contributed by atoms with Crippen LogP contribution in [0.25, 0.3) is 5.65 Å². The Balaban J connectivity index is 1.24. The van der Waals surface area contributed by atoms with Gasteiger partial charge in [0.25, 0.3) is 5.91 Å². The Labute approximate surface area is 259 Å². The Morgan fingerprint density at radius 1 is 1.00 bits per heavy atom. The van der Waals surface area contributed by atoms with Crippen LogP contribution in [0.2, 0.25) is 0 Å². The lowest BCUT2D eigenvalue weighted by molar-refractivity contribution is -0.134.